The first-order valence-corrected chi connectivity index (χ1v) is 33.7. The molecule has 4 nitrogen and oxygen atoms in total. The molecule has 0 aliphatic rings. The average molecular weight is 1020 g/mol. The molecule has 3 N–H and O–H groups in total. The molecule has 73 heavy (non-hydrogen) atoms. The van der Waals surface area contributed by atoms with Gasteiger partial charge in [0.15, 0.2) is 0 Å². The van der Waals surface area contributed by atoms with E-state index in [4.69, 9.17) is 0 Å². The van der Waals surface area contributed by atoms with Crippen molar-refractivity contribution < 1.29 is 15.0 Å². The van der Waals surface area contributed by atoms with Gasteiger partial charge in [0.1, 0.15) is 0 Å². The highest BCUT2D eigenvalue weighted by Gasteiger charge is 2.18. The van der Waals surface area contributed by atoms with Gasteiger partial charge in [0.2, 0.25) is 5.91 Å². The summed E-state index contributed by atoms with van der Waals surface area (Å²) in [6.07, 6.45) is 89.5. The van der Waals surface area contributed by atoms with E-state index in [-0.39, 0.29) is 12.5 Å². The number of carbonyl (C=O) groups excluding carboxylic acids is 1. The van der Waals surface area contributed by atoms with Crippen LogP contribution in [0.15, 0.2) is 36.5 Å². The van der Waals surface area contributed by atoms with Gasteiger partial charge >= 0.3 is 0 Å². The number of unbranched alkanes of at least 4 members (excludes halogenated alkanes) is 52. The zero-order valence-electron chi connectivity index (χ0n) is 49.9. The highest BCUT2D eigenvalue weighted by molar-refractivity contribution is 5.76. The van der Waals surface area contributed by atoms with E-state index in [1.807, 2.05) is 6.08 Å². The van der Waals surface area contributed by atoms with Crippen LogP contribution in [-0.2, 0) is 4.79 Å². The molecule has 0 aliphatic carbocycles. The molecule has 0 spiro atoms. The van der Waals surface area contributed by atoms with Crippen molar-refractivity contribution in [2.45, 2.75) is 392 Å². The number of amides is 1. The summed E-state index contributed by atoms with van der Waals surface area (Å²) in [4.78, 5) is 12.5. The molecule has 0 heterocycles. The van der Waals surface area contributed by atoms with Crippen molar-refractivity contribution in [3.63, 3.8) is 0 Å². The predicted octanol–water partition coefficient (Wildman–Crippen LogP) is 22.8. The fourth-order valence-electron chi connectivity index (χ4n) is 10.7. The maximum atomic E-state index is 12.5. The first-order chi connectivity index (χ1) is 36.2. The fraction of sp³-hybridized carbons (Fsp3) is 0.899. The van der Waals surface area contributed by atoms with Gasteiger partial charge in [0.05, 0.1) is 18.8 Å². The summed E-state index contributed by atoms with van der Waals surface area (Å²) in [6.45, 7) is 4.34. The van der Waals surface area contributed by atoms with Gasteiger partial charge in [0, 0.05) is 6.42 Å². The fourth-order valence-corrected chi connectivity index (χ4v) is 10.7. The zero-order valence-corrected chi connectivity index (χ0v) is 49.9. The molecule has 2 unspecified atom stereocenters. The Balaban J connectivity index is 3.42. The highest BCUT2D eigenvalue weighted by atomic mass is 16.3. The van der Waals surface area contributed by atoms with E-state index in [9.17, 15) is 15.0 Å². The lowest BCUT2D eigenvalue weighted by molar-refractivity contribution is -0.123. The summed E-state index contributed by atoms with van der Waals surface area (Å²) in [5.74, 6) is -0.0669. The number of carbonyl (C=O) groups is 1. The van der Waals surface area contributed by atoms with Crippen LogP contribution in [0.5, 0.6) is 0 Å². The highest BCUT2D eigenvalue weighted by Crippen LogP contribution is 2.18. The lowest BCUT2D eigenvalue weighted by atomic mass is 10.0. The Labute approximate surface area is 459 Å². The SMILES string of the molecule is CCCCCCCCCCCCCCCCCC/C=C/CC/C=C/C(O)C(CO)NC(=O)CCCCCCCCCCCCCCCCCCC/C=C\CCCCCCCCCCCCCCCCCCCC. The molecule has 4 heteroatoms. The third-order valence-electron chi connectivity index (χ3n) is 15.8. The average Bonchev–Trinajstić information content (AvgIpc) is 3.40. The molecule has 0 saturated heterocycles. The van der Waals surface area contributed by atoms with E-state index in [2.05, 4.69) is 43.5 Å². The molecule has 0 aromatic carbocycles. The van der Waals surface area contributed by atoms with E-state index >= 15 is 0 Å². The van der Waals surface area contributed by atoms with Crippen LogP contribution in [0.3, 0.4) is 0 Å². The van der Waals surface area contributed by atoms with E-state index in [1.54, 1.807) is 6.08 Å². The molecular formula is C69H133NO3. The molecule has 0 aliphatic heterocycles. The van der Waals surface area contributed by atoms with Crippen LogP contribution >= 0.6 is 0 Å². The number of rotatable bonds is 63. The Bertz CT molecular complexity index is 1110. The standard InChI is InChI=1S/C69H133NO3/c1-3-5-7-9-11-13-15-17-19-21-23-25-27-28-29-30-31-32-33-34-35-36-37-38-39-40-41-42-43-45-47-49-51-53-55-57-59-61-63-65-69(73)70-67(66-71)68(72)64-62-60-58-56-54-52-50-48-46-44-26-24-22-20-18-16-14-12-10-8-6-4-2/h34-35,54,56,62,64,67-68,71-72H,3-33,36-53,55,57-61,63,65-66H2,1-2H3,(H,70,73)/b35-34-,56-54+,64-62+. The van der Waals surface area contributed by atoms with Crippen LogP contribution in [0.1, 0.15) is 380 Å². The van der Waals surface area contributed by atoms with Gasteiger partial charge in [-0.25, -0.2) is 0 Å². The summed E-state index contributed by atoms with van der Waals surface area (Å²) in [5.41, 5.74) is 0. The molecule has 0 saturated carbocycles. The van der Waals surface area contributed by atoms with Gasteiger partial charge in [-0.3, -0.25) is 4.79 Å². The van der Waals surface area contributed by atoms with Crippen molar-refractivity contribution in [1.29, 1.82) is 0 Å². The molecule has 0 fully saturated rings. The monoisotopic (exact) mass is 1020 g/mol. The number of hydrogen-bond acceptors (Lipinski definition) is 3. The maximum absolute atomic E-state index is 12.5. The summed E-state index contributed by atoms with van der Waals surface area (Å²) >= 11 is 0. The van der Waals surface area contributed by atoms with Crippen LogP contribution in [0.4, 0.5) is 0 Å². The van der Waals surface area contributed by atoms with Gasteiger partial charge in [-0.15, -0.1) is 0 Å². The van der Waals surface area contributed by atoms with Crippen molar-refractivity contribution in [2.24, 2.45) is 0 Å². The third kappa shape index (κ3) is 61.3. The molecule has 2 atom stereocenters. The molecule has 0 bridgehead atoms. The summed E-state index contributed by atoms with van der Waals surface area (Å²) in [6, 6.07) is -0.639. The van der Waals surface area contributed by atoms with Crippen LogP contribution in [0.25, 0.3) is 0 Å². The minimum atomic E-state index is -0.862. The minimum absolute atomic E-state index is 0.0669. The lowest BCUT2D eigenvalue weighted by Crippen LogP contribution is -2.45. The topological polar surface area (TPSA) is 69.6 Å². The second-order valence-corrected chi connectivity index (χ2v) is 23.2. The Morgan fingerprint density at radius 1 is 0.315 bits per heavy atom. The van der Waals surface area contributed by atoms with E-state index in [0.717, 1.165) is 32.1 Å². The van der Waals surface area contributed by atoms with Gasteiger partial charge in [-0.05, 0) is 57.8 Å². The second kappa shape index (κ2) is 64.9. The van der Waals surface area contributed by atoms with Crippen molar-refractivity contribution in [3.8, 4) is 0 Å². The number of nitrogens with one attached hydrogen (secondary N) is 1. The van der Waals surface area contributed by atoms with Crippen molar-refractivity contribution in [1.82, 2.24) is 5.32 Å². The molecular weight excluding hydrogens is 891 g/mol. The van der Waals surface area contributed by atoms with E-state index in [0.29, 0.717) is 6.42 Å². The Hall–Kier alpha value is -1.39. The lowest BCUT2D eigenvalue weighted by Gasteiger charge is -2.19. The molecule has 432 valence electrons. The first kappa shape index (κ1) is 71.6. The summed E-state index contributed by atoms with van der Waals surface area (Å²) < 4.78 is 0. The van der Waals surface area contributed by atoms with Gasteiger partial charge in [-0.2, -0.15) is 0 Å². The number of aliphatic hydroxyl groups excluding tert-OH is 2. The maximum Gasteiger partial charge on any atom is 0.220 e. The van der Waals surface area contributed by atoms with E-state index < -0.39 is 12.1 Å². The van der Waals surface area contributed by atoms with E-state index in [1.165, 1.54) is 327 Å². The predicted molar refractivity (Wildman–Crippen MR) is 327 cm³/mol. The van der Waals surface area contributed by atoms with Crippen LogP contribution < -0.4 is 5.32 Å². The normalized spacial score (nSPS) is 12.9. The van der Waals surface area contributed by atoms with Crippen LogP contribution in [0.2, 0.25) is 0 Å². The number of allylic oxidation sites excluding steroid dienone is 5. The molecule has 1 amide bonds. The van der Waals surface area contributed by atoms with Crippen molar-refractivity contribution in [2.75, 3.05) is 6.61 Å². The zero-order chi connectivity index (χ0) is 52.7. The van der Waals surface area contributed by atoms with Crippen molar-refractivity contribution >= 4 is 5.91 Å². The first-order valence-electron chi connectivity index (χ1n) is 33.7. The Morgan fingerprint density at radius 3 is 0.795 bits per heavy atom. The molecule has 0 aromatic rings. The number of hydrogen-bond donors (Lipinski definition) is 3. The van der Waals surface area contributed by atoms with Gasteiger partial charge < -0.3 is 15.5 Å². The van der Waals surface area contributed by atoms with Gasteiger partial charge in [0.25, 0.3) is 0 Å². The summed E-state index contributed by atoms with van der Waals surface area (Å²) in [7, 11) is 0. The third-order valence-corrected chi connectivity index (χ3v) is 15.8. The Kier molecular flexibility index (Phi) is 63.7. The summed E-state index contributed by atoms with van der Waals surface area (Å²) in [5, 5.41) is 23.2. The molecule has 0 rings (SSSR count). The van der Waals surface area contributed by atoms with Crippen LogP contribution in [0, 0.1) is 0 Å². The smallest absolute Gasteiger partial charge is 0.220 e. The van der Waals surface area contributed by atoms with Crippen LogP contribution in [-0.4, -0.2) is 34.9 Å². The number of aliphatic hydroxyl groups is 2. The Morgan fingerprint density at radius 2 is 0.534 bits per heavy atom. The second-order valence-electron chi connectivity index (χ2n) is 23.2. The molecule has 0 radical (unpaired) electrons. The molecule has 0 aromatic heterocycles. The quantitative estimate of drug-likeness (QED) is 0.0420. The largest absolute Gasteiger partial charge is 0.394 e. The van der Waals surface area contributed by atoms with Crippen molar-refractivity contribution in [3.05, 3.63) is 36.5 Å². The minimum Gasteiger partial charge on any atom is -0.394 e. The van der Waals surface area contributed by atoms with Gasteiger partial charge in [-0.1, -0.05) is 352 Å².